The molecule has 188 valence electrons. The second kappa shape index (κ2) is 10.9. The second-order valence-corrected chi connectivity index (χ2v) is 10.2. The van der Waals surface area contributed by atoms with Crippen LogP contribution in [0.25, 0.3) is 0 Å². The molecule has 34 heavy (non-hydrogen) atoms. The topological polar surface area (TPSA) is 154 Å². The maximum absolute atomic E-state index is 13.7. The molecule has 0 radical (unpaired) electrons. The number of aryl methyl sites for hydroxylation is 1. The molecule has 13 heteroatoms. The molecule has 2 aromatic rings. The van der Waals surface area contributed by atoms with E-state index in [1.165, 1.54) is 19.5 Å². The van der Waals surface area contributed by atoms with E-state index in [0.717, 1.165) is 10.6 Å². The van der Waals surface area contributed by atoms with Gasteiger partial charge in [0.25, 0.3) is 5.56 Å². The standard InChI is InChI=1S/C21H31N4O8P/c1-12(2)14(4)24-34(29,33-15-6-8-22-10-13(15)3)31-11-16-19(30-5)18(27)20(32-16)25-9-7-17(26)23-21(25)28/h6-10,12,14,16,18-20,27H,11H2,1-5H3,(H,24,29)(H,23,26,28)/t14-,16?,18?,19?,20?,34?/m0/s1. The Morgan fingerprint density at radius 2 is 2.06 bits per heavy atom. The number of nitrogens with one attached hydrogen (secondary N) is 2. The summed E-state index contributed by atoms with van der Waals surface area (Å²) >= 11 is 0. The van der Waals surface area contributed by atoms with Crippen molar-refractivity contribution < 1.29 is 28.2 Å². The first-order valence-electron chi connectivity index (χ1n) is 10.8. The number of hydrogen-bond acceptors (Lipinski definition) is 9. The molecule has 1 aliphatic rings. The number of aromatic nitrogens is 3. The summed E-state index contributed by atoms with van der Waals surface area (Å²) in [7, 11) is -2.53. The normalized spacial score (nSPS) is 25.3. The predicted molar refractivity (Wildman–Crippen MR) is 123 cm³/mol. The summed E-state index contributed by atoms with van der Waals surface area (Å²) < 4.78 is 37.5. The van der Waals surface area contributed by atoms with Crippen LogP contribution < -0.4 is 20.9 Å². The summed E-state index contributed by atoms with van der Waals surface area (Å²) in [5.41, 5.74) is -0.653. The molecule has 1 fully saturated rings. The van der Waals surface area contributed by atoms with Crippen LogP contribution in [0.15, 0.2) is 40.3 Å². The molecule has 3 rings (SSSR count). The van der Waals surface area contributed by atoms with Gasteiger partial charge in [0, 0.05) is 43.4 Å². The summed E-state index contributed by atoms with van der Waals surface area (Å²) in [5.74, 6) is 0.474. The van der Waals surface area contributed by atoms with Gasteiger partial charge in [-0.25, -0.2) is 14.4 Å². The van der Waals surface area contributed by atoms with Gasteiger partial charge in [0.1, 0.15) is 24.1 Å². The molecule has 1 saturated heterocycles. The van der Waals surface area contributed by atoms with Gasteiger partial charge < -0.3 is 19.1 Å². The smallest absolute Gasteiger partial charge is 0.413 e. The van der Waals surface area contributed by atoms with E-state index >= 15 is 0 Å². The van der Waals surface area contributed by atoms with Crippen LogP contribution in [0.5, 0.6) is 5.75 Å². The number of nitrogens with zero attached hydrogens (tertiary/aromatic N) is 2. The highest BCUT2D eigenvalue weighted by atomic mass is 31.2. The average molecular weight is 498 g/mol. The maximum Gasteiger partial charge on any atom is 0.459 e. The number of aliphatic hydroxyl groups is 1. The predicted octanol–water partition coefficient (Wildman–Crippen LogP) is 1.35. The lowest BCUT2D eigenvalue weighted by Gasteiger charge is -2.27. The van der Waals surface area contributed by atoms with Crippen LogP contribution in [-0.4, -0.2) is 57.7 Å². The molecule has 0 aliphatic carbocycles. The molecule has 2 aromatic heterocycles. The van der Waals surface area contributed by atoms with Crippen molar-refractivity contribution in [2.24, 2.45) is 5.92 Å². The van der Waals surface area contributed by atoms with Crippen LogP contribution in [0.1, 0.15) is 32.6 Å². The van der Waals surface area contributed by atoms with Gasteiger partial charge in [0.05, 0.1) is 6.61 Å². The number of aliphatic hydroxyl groups excluding tert-OH is 1. The van der Waals surface area contributed by atoms with Gasteiger partial charge in [-0.2, -0.15) is 0 Å². The summed E-state index contributed by atoms with van der Waals surface area (Å²) in [5, 5.41) is 13.6. The van der Waals surface area contributed by atoms with E-state index in [1.54, 1.807) is 19.2 Å². The number of H-pyrrole nitrogens is 1. The van der Waals surface area contributed by atoms with Crippen molar-refractivity contribution in [2.45, 2.75) is 58.3 Å². The highest BCUT2D eigenvalue weighted by Crippen LogP contribution is 2.47. The Hall–Kier alpha value is -2.34. The number of hydrogen-bond donors (Lipinski definition) is 3. The Bertz CT molecular complexity index is 1140. The molecule has 12 nitrogen and oxygen atoms in total. The van der Waals surface area contributed by atoms with Gasteiger partial charge in [-0.3, -0.25) is 23.9 Å². The summed E-state index contributed by atoms with van der Waals surface area (Å²) in [6, 6.07) is 2.51. The molecule has 6 atom stereocenters. The molecule has 5 unspecified atom stereocenters. The van der Waals surface area contributed by atoms with Crippen molar-refractivity contribution in [1.82, 2.24) is 19.6 Å². The van der Waals surface area contributed by atoms with E-state index in [-0.39, 0.29) is 18.6 Å². The Kier molecular flexibility index (Phi) is 8.45. The molecule has 0 bridgehead atoms. The highest BCUT2D eigenvalue weighted by Gasteiger charge is 2.46. The lowest BCUT2D eigenvalue weighted by Crippen LogP contribution is -2.39. The molecular weight excluding hydrogens is 467 g/mol. The van der Waals surface area contributed by atoms with E-state index in [1.807, 2.05) is 20.8 Å². The van der Waals surface area contributed by atoms with Crippen molar-refractivity contribution in [3.63, 3.8) is 0 Å². The van der Waals surface area contributed by atoms with Crippen LogP contribution in [0, 0.1) is 12.8 Å². The Labute approximate surface area is 196 Å². The monoisotopic (exact) mass is 498 g/mol. The highest BCUT2D eigenvalue weighted by molar-refractivity contribution is 7.52. The van der Waals surface area contributed by atoms with Crippen LogP contribution in [0.4, 0.5) is 0 Å². The van der Waals surface area contributed by atoms with Crippen molar-refractivity contribution >= 4 is 7.75 Å². The zero-order valence-corrected chi connectivity index (χ0v) is 20.6. The third kappa shape index (κ3) is 6.01. The van der Waals surface area contributed by atoms with E-state index < -0.39 is 43.5 Å². The second-order valence-electron chi connectivity index (χ2n) is 8.46. The minimum Gasteiger partial charge on any atom is -0.413 e. The van der Waals surface area contributed by atoms with Gasteiger partial charge in [-0.1, -0.05) is 13.8 Å². The van der Waals surface area contributed by atoms with Crippen molar-refractivity contribution in [3.05, 3.63) is 57.1 Å². The Morgan fingerprint density at radius 1 is 1.32 bits per heavy atom. The van der Waals surface area contributed by atoms with Gasteiger partial charge in [0.15, 0.2) is 6.23 Å². The summed E-state index contributed by atoms with van der Waals surface area (Å²) in [6.07, 6.45) is 0.119. The van der Waals surface area contributed by atoms with Crippen LogP contribution >= 0.6 is 7.75 Å². The molecule has 0 aromatic carbocycles. The number of pyridine rings is 1. The third-order valence-electron chi connectivity index (χ3n) is 5.66. The molecule has 3 N–H and O–H groups in total. The minimum atomic E-state index is -3.91. The molecule has 0 spiro atoms. The number of rotatable bonds is 10. The molecule has 1 aliphatic heterocycles. The van der Waals surface area contributed by atoms with Crippen molar-refractivity contribution in [1.29, 1.82) is 0 Å². The minimum absolute atomic E-state index is 0.131. The molecular formula is C21H31N4O8P. The van der Waals surface area contributed by atoms with E-state index in [2.05, 4.69) is 15.1 Å². The van der Waals surface area contributed by atoms with E-state index in [0.29, 0.717) is 11.3 Å². The fraction of sp³-hybridized carbons (Fsp3) is 0.571. The van der Waals surface area contributed by atoms with Crippen LogP contribution in [0.3, 0.4) is 0 Å². The Balaban J connectivity index is 1.81. The van der Waals surface area contributed by atoms with E-state index in [4.69, 9.17) is 18.5 Å². The SMILES string of the molecule is COC1C(COP(=O)(N[C@@H](C)C(C)C)Oc2ccncc2C)OC(n2ccc(=O)[nH]c2=O)C1O. The fourth-order valence-corrected chi connectivity index (χ4v) is 5.14. The maximum atomic E-state index is 13.7. The molecule has 0 amide bonds. The van der Waals surface area contributed by atoms with Crippen LogP contribution in [-0.2, 0) is 18.6 Å². The Morgan fingerprint density at radius 3 is 2.68 bits per heavy atom. The number of aromatic amines is 1. The first-order chi connectivity index (χ1) is 16.0. The molecule has 0 saturated carbocycles. The first kappa shape index (κ1) is 26.3. The largest absolute Gasteiger partial charge is 0.459 e. The van der Waals surface area contributed by atoms with Gasteiger partial charge in [-0.05, 0) is 25.8 Å². The van der Waals surface area contributed by atoms with Gasteiger partial charge in [-0.15, -0.1) is 0 Å². The summed E-state index contributed by atoms with van der Waals surface area (Å²) in [4.78, 5) is 29.7. The first-order valence-corrected chi connectivity index (χ1v) is 12.4. The third-order valence-corrected chi connectivity index (χ3v) is 7.31. The van der Waals surface area contributed by atoms with E-state index in [9.17, 15) is 19.3 Å². The van der Waals surface area contributed by atoms with Gasteiger partial charge in [0.2, 0.25) is 0 Å². The lowest BCUT2D eigenvalue weighted by molar-refractivity contribution is -0.0542. The van der Waals surface area contributed by atoms with Crippen molar-refractivity contribution in [2.75, 3.05) is 13.7 Å². The zero-order chi connectivity index (χ0) is 25.0. The fourth-order valence-electron chi connectivity index (χ4n) is 3.35. The quantitative estimate of drug-likeness (QED) is 0.409. The summed E-state index contributed by atoms with van der Waals surface area (Å²) in [6.45, 7) is 7.27. The van der Waals surface area contributed by atoms with Crippen molar-refractivity contribution in [3.8, 4) is 5.75 Å². The lowest BCUT2D eigenvalue weighted by atomic mass is 10.1. The number of ether oxygens (including phenoxy) is 2. The zero-order valence-electron chi connectivity index (χ0n) is 19.7. The van der Waals surface area contributed by atoms with Gasteiger partial charge >= 0.3 is 13.4 Å². The average Bonchev–Trinajstić information content (AvgIpc) is 3.09. The number of methoxy groups -OCH3 is 1. The van der Waals surface area contributed by atoms with Crippen LogP contribution in [0.2, 0.25) is 0 Å². The molecule has 3 heterocycles.